The highest BCUT2D eigenvalue weighted by atomic mass is 16.6. The molecule has 3 rings (SSSR count). The van der Waals surface area contributed by atoms with E-state index in [1.54, 1.807) is 0 Å². The molecule has 2 heteroatoms. The Hall–Kier alpha value is -1.85. The van der Waals surface area contributed by atoms with Gasteiger partial charge in [0.05, 0.1) is 12.0 Å². The van der Waals surface area contributed by atoms with Crippen molar-refractivity contribution in [2.45, 2.75) is 19.1 Å². The van der Waals surface area contributed by atoms with E-state index in [0.717, 1.165) is 0 Å². The molecule has 0 amide bonds. The second-order valence-electron chi connectivity index (χ2n) is 4.55. The molecule has 1 fully saturated rings. The lowest BCUT2D eigenvalue weighted by Gasteiger charge is -2.01. The first-order valence-corrected chi connectivity index (χ1v) is 5.83. The van der Waals surface area contributed by atoms with E-state index in [1.165, 1.54) is 16.3 Å². The van der Waals surface area contributed by atoms with Crippen LogP contribution in [0, 0.1) is 17.2 Å². The summed E-state index contributed by atoms with van der Waals surface area (Å²) in [4.78, 5) is 0. The summed E-state index contributed by atoms with van der Waals surface area (Å²) in [6, 6.07) is 16.9. The van der Waals surface area contributed by atoms with Crippen molar-refractivity contribution in [2.75, 3.05) is 0 Å². The molecule has 0 N–H and O–H groups in total. The molecule has 17 heavy (non-hydrogen) atoms. The van der Waals surface area contributed by atoms with Crippen LogP contribution in [0.1, 0.15) is 18.6 Å². The van der Waals surface area contributed by atoms with Gasteiger partial charge >= 0.3 is 0 Å². The molecule has 0 aromatic heterocycles. The van der Waals surface area contributed by atoms with Crippen molar-refractivity contribution in [2.24, 2.45) is 5.92 Å². The average Bonchev–Trinajstić information content (AvgIpc) is 3.17. The lowest BCUT2D eigenvalue weighted by molar-refractivity contribution is 0.350. The van der Waals surface area contributed by atoms with Gasteiger partial charge in [0.1, 0.15) is 12.2 Å². The van der Waals surface area contributed by atoms with Crippen LogP contribution in [0.15, 0.2) is 42.5 Å². The summed E-state index contributed by atoms with van der Waals surface area (Å²) >= 11 is 0. The van der Waals surface area contributed by atoms with Gasteiger partial charge in [-0.05, 0) is 29.3 Å². The van der Waals surface area contributed by atoms with E-state index < -0.39 is 0 Å². The molecule has 3 unspecified atom stereocenters. The van der Waals surface area contributed by atoms with Gasteiger partial charge in [-0.3, -0.25) is 0 Å². The highest BCUT2D eigenvalue weighted by molar-refractivity contribution is 5.83. The van der Waals surface area contributed by atoms with Gasteiger partial charge < -0.3 is 4.74 Å². The Balaban J connectivity index is 1.91. The number of nitriles is 1. The van der Waals surface area contributed by atoms with E-state index in [2.05, 4.69) is 36.4 Å². The van der Waals surface area contributed by atoms with Crippen LogP contribution in [0.2, 0.25) is 0 Å². The molecule has 2 aromatic rings. The summed E-state index contributed by atoms with van der Waals surface area (Å²) in [5.41, 5.74) is 1.18. The average molecular weight is 223 g/mol. The third kappa shape index (κ3) is 1.79. The van der Waals surface area contributed by atoms with Crippen LogP contribution < -0.4 is 0 Å². The number of hydrogen-bond donors (Lipinski definition) is 0. The molecule has 0 aliphatic carbocycles. The molecule has 1 aliphatic heterocycles. The van der Waals surface area contributed by atoms with Crippen LogP contribution in [0.4, 0.5) is 0 Å². The number of epoxide rings is 1. The summed E-state index contributed by atoms with van der Waals surface area (Å²) < 4.78 is 5.58. The van der Waals surface area contributed by atoms with Gasteiger partial charge in [0.15, 0.2) is 0 Å². The maximum Gasteiger partial charge on any atom is 0.111 e. The lowest BCUT2D eigenvalue weighted by atomic mass is 10.00. The summed E-state index contributed by atoms with van der Waals surface area (Å²) in [5, 5.41) is 11.3. The highest BCUT2D eigenvalue weighted by Gasteiger charge is 2.44. The van der Waals surface area contributed by atoms with E-state index >= 15 is 0 Å². The number of fused-ring (bicyclic) bond motifs is 1. The van der Waals surface area contributed by atoms with Crippen LogP contribution in [0.3, 0.4) is 0 Å². The molecular weight excluding hydrogens is 210 g/mol. The van der Waals surface area contributed by atoms with Gasteiger partial charge in [0.25, 0.3) is 0 Å². The zero-order valence-electron chi connectivity index (χ0n) is 9.63. The van der Waals surface area contributed by atoms with Gasteiger partial charge in [-0.1, -0.05) is 36.4 Å². The Morgan fingerprint density at radius 3 is 2.71 bits per heavy atom. The van der Waals surface area contributed by atoms with E-state index in [-0.39, 0.29) is 18.1 Å². The molecule has 84 valence electrons. The molecular formula is C15H13NO. The molecule has 1 heterocycles. The Morgan fingerprint density at radius 1 is 1.18 bits per heavy atom. The van der Waals surface area contributed by atoms with Crippen molar-refractivity contribution < 1.29 is 4.74 Å². The van der Waals surface area contributed by atoms with E-state index in [4.69, 9.17) is 10.00 Å². The second-order valence-corrected chi connectivity index (χ2v) is 4.55. The van der Waals surface area contributed by atoms with Crippen molar-refractivity contribution in [3.8, 4) is 6.07 Å². The van der Waals surface area contributed by atoms with Crippen LogP contribution >= 0.6 is 0 Å². The van der Waals surface area contributed by atoms with Gasteiger partial charge in [-0.2, -0.15) is 5.26 Å². The Morgan fingerprint density at radius 2 is 1.94 bits per heavy atom. The second kappa shape index (κ2) is 3.87. The fraction of sp³-hybridized carbons (Fsp3) is 0.267. The van der Waals surface area contributed by atoms with Crippen molar-refractivity contribution in [3.05, 3.63) is 48.0 Å². The smallest absolute Gasteiger partial charge is 0.111 e. The SMILES string of the molecule is CC(C#N)C1OC1c1ccc2ccccc2c1. The van der Waals surface area contributed by atoms with Crippen molar-refractivity contribution in [3.63, 3.8) is 0 Å². The van der Waals surface area contributed by atoms with Gasteiger partial charge in [0.2, 0.25) is 0 Å². The fourth-order valence-corrected chi connectivity index (χ4v) is 2.23. The fourth-order valence-electron chi connectivity index (χ4n) is 2.23. The number of ether oxygens (including phenoxy) is 1. The molecule has 2 nitrogen and oxygen atoms in total. The van der Waals surface area contributed by atoms with Crippen LogP contribution in [-0.2, 0) is 4.74 Å². The van der Waals surface area contributed by atoms with Gasteiger partial charge in [0, 0.05) is 0 Å². The normalized spacial score (nSPS) is 24.2. The monoisotopic (exact) mass is 223 g/mol. The van der Waals surface area contributed by atoms with Crippen molar-refractivity contribution in [1.29, 1.82) is 5.26 Å². The number of hydrogen-bond acceptors (Lipinski definition) is 2. The Labute approximate surface area is 100 Å². The van der Waals surface area contributed by atoms with Crippen LogP contribution in [0.25, 0.3) is 10.8 Å². The third-order valence-corrected chi connectivity index (χ3v) is 3.32. The summed E-state index contributed by atoms with van der Waals surface area (Å²) in [6.07, 6.45) is 0.176. The largest absolute Gasteiger partial charge is 0.363 e. The Bertz CT molecular complexity index is 599. The summed E-state index contributed by atoms with van der Waals surface area (Å²) in [5.74, 6) is -0.0357. The first kappa shape index (κ1) is 10.3. The first-order chi connectivity index (χ1) is 8.29. The topological polar surface area (TPSA) is 36.3 Å². The first-order valence-electron chi connectivity index (χ1n) is 5.83. The molecule has 3 atom stereocenters. The Kier molecular flexibility index (Phi) is 2.35. The zero-order chi connectivity index (χ0) is 11.8. The summed E-state index contributed by atoms with van der Waals surface area (Å²) in [6.45, 7) is 1.91. The summed E-state index contributed by atoms with van der Waals surface area (Å²) in [7, 11) is 0. The lowest BCUT2D eigenvalue weighted by Crippen LogP contribution is -2.00. The van der Waals surface area contributed by atoms with Crippen molar-refractivity contribution >= 4 is 10.8 Å². The predicted octanol–water partition coefficient (Wildman–Crippen LogP) is 3.44. The molecule has 0 bridgehead atoms. The van der Waals surface area contributed by atoms with E-state index in [1.807, 2.05) is 19.1 Å². The number of nitrogens with zero attached hydrogens (tertiary/aromatic N) is 1. The van der Waals surface area contributed by atoms with Gasteiger partial charge in [-0.25, -0.2) is 0 Å². The minimum atomic E-state index is -0.0357. The maximum atomic E-state index is 8.85. The van der Waals surface area contributed by atoms with Crippen LogP contribution in [0.5, 0.6) is 0 Å². The molecule has 1 saturated heterocycles. The molecule has 0 radical (unpaired) electrons. The predicted molar refractivity (Wildman–Crippen MR) is 66.3 cm³/mol. The van der Waals surface area contributed by atoms with Gasteiger partial charge in [-0.15, -0.1) is 0 Å². The third-order valence-electron chi connectivity index (χ3n) is 3.32. The standard InChI is InChI=1S/C15H13NO/c1-10(9-16)14-15(17-14)13-7-6-11-4-2-3-5-12(11)8-13/h2-8,10,14-15H,1H3. The van der Waals surface area contributed by atoms with Crippen molar-refractivity contribution in [1.82, 2.24) is 0 Å². The minimum Gasteiger partial charge on any atom is -0.363 e. The quantitative estimate of drug-likeness (QED) is 0.731. The molecule has 0 spiro atoms. The van der Waals surface area contributed by atoms with E-state index in [9.17, 15) is 0 Å². The molecule has 0 saturated carbocycles. The zero-order valence-corrected chi connectivity index (χ0v) is 9.63. The maximum absolute atomic E-state index is 8.85. The highest BCUT2D eigenvalue weighted by Crippen LogP contribution is 2.43. The number of rotatable bonds is 2. The molecule has 2 aromatic carbocycles. The molecule has 1 aliphatic rings. The van der Waals surface area contributed by atoms with E-state index in [0.29, 0.717) is 0 Å². The minimum absolute atomic E-state index is 0.0357. The van der Waals surface area contributed by atoms with Crippen LogP contribution in [-0.4, -0.2) is 6.10 Å². The number of benzene rings is 2.